The number of hydrogen-bond donors (Lipinski definition) is 5. The molecule has 0 unspecified atom stereocenters. The zero-order chi connectivity index (χ0) is 22.6. The number of benzene rings is 2. The molecule has 0 bridgehead atoms. The molecule has 0 radical (unpaired) electrons. The normalized spacial score (nSPS) is 12.5. The largest absolute Gasteiger partial charge is 0.480 e. The van der Waals surface area contributed by atoms with Crippen molar-refractivity contribution in [2.75, 3.05) is 12.0 Å². The highest BCUT2D eigenvalue weighted by molar-refractivity contribution is 7.98. The van der Waals surface area contributed by atoms with Crippen LogP contribution in [0.15, 0.2) is 59.6 Å². The van der Waals surface area contributed by atoms with Crippen molar-refractivity contribution < 1.29 is 14.7 Å². The van der Waals surface area contributed by atoms with E-state index < -0.39 is 18.1 Å². The Morgan fingerprint density at radius 1 is 1.03 bits per heavy atom. The number of carboxylic acids is 1. The summed E-state index contributed by atoms with van der Waals surface area (Å²) in [7, 11) is 0. The van der Waals surface area contributed by atoms with Gasteiger partial charge in [0, 0.05) is 13.0 Å². The smallest absolute Gasteiger partial charge is 0.326 e. The van der Waals surface area contributed by atoms with Gasteiger partial charge in [0.2, 0.25) is 5.91 Å². The van der Waals surface area contributed by atoms with Crippen molar-refractivity contribution in [2.24, 2.45) is 16.5 Å². The number of thioether (sulfide) groups is 1. The van der Waals surface area contributed by atoms with Gasteiger partial charge in [-0.05, 0) is 41.7 Å². The standard InChI is InChI=1S/C22H29N5O3S/c1-31-12-11-18(25-14-16-7-9-17(10-8-16)26-22(23)24)20(28)27-19(21(29)30)13-15-5-3-2-4-6-15/h2-10,18-19,25H,11-14H2,1H3,(H,27,28)(H,29,30)(H4,23,24,26)/t18-,19+/m0/s1. The van der Waals surface area contributed by atoms with Crippen LogP contribution in [0.1, 0.15) is 17.5 Å². The lowest BCUT2D eigenvalue weighted by molar-refractivity contribution is -0.142. The summed E-state index contributed by atoms with van der Waals surface area (Å²) in [5.74, 6) is -0.626. The average Bonchev–Trinajstić information content (AvgIpc) is 2.74. The minimum atomic E-state index is -1.06. The first kappa shape index (κ1) is 24.2. The van der Waals surface area contributed by atoms with Crippen LogP contribution in [-0.2, 0) is 22.6 Å². The van der Waals surface area contributed by atoms with Gasteiger partial charge in [-0.3, -0.25) is 4.79 Å². The average molecular weight is 444 g/mol. The first-order valence-corrected chi connectivity index (χ1v) is 11.3. The minimum Gasteiger partial charge on any atom is -0.480 e. The van der Waals surface area contributed by atoms with E-state index in [1.165, 1.54) is 0 Å². The third-order valence-corrected chi connectivity index (χ3v) is 5.22. The van der Waals surface area contributed by atoms with Gasteiger partial charge in [-0.2, -0.15) is 11.8 Å². The van der Waals surface area contributed by atoms with Crippen LogP contribution >= 0.6 is 11.8 Å². The Morgan fingerprint density at radius 3 is 2.29 bits per heavy atom. The van der Waals surface area contributed by atoms with Crippen molar-refractivity contribution in [2.45, 2.75) is 31.5 Å². The summed E-state index contributed by atoms with van der Waals surface area (Å²) in [6, 6.07) is 15.0. The van der Waals surface area contributed by atoms with Gasteiger partial charge in [0.15, 0.2) is 5.96 Å². The van der Waals surface area contributed by atoms with Gasteiger partial charge in [-0.1, -0.05) is 42.5 Å². The summed E-state index contributed by atoms with van der Waals surface area (Å²) >= 11 is 1.63. The number of nitrogens with zero attached hydrogens (tertiary/aromatic N) is 1. The van der Waals surface area contributed by atoms with Crippen molar-refractivity contribution in [3.63, 3.8) is 0 Å². The van der Waals surface area contributed by atoms with Gasteiger partial charge in [0.1, 0.15) is 6.04 Å². The van der Waals surface area contributed by atoms with E-state index in [4.69, 9.17) is 11.5 Å². The molecule has 31 heavy (non-hydrogen) atoms. The molecule has 166 valence electrons. The molecule has 0 aliphatic carbocycles. The second-order valence-corrected chi connectivity index (χ2v) is 7.99. The highest BCUT2D eigenvalue weighted by Crippen LogP contribution is 2.13. The van der Waals surface area contributed by atoms with Gasteiger partial charge in [0.05, 0.1) is 11.7 Å². The monoisotopic (exact) mass is 443 g/mol. The summed E-state index contributed by atoms with van der Waals surface area (Å²) in [4.78, 5) is 28.5. The van der Waals surface area contributed by atoms with Crippen LogP contribution in [0.4, 0.5) is 5.69 Å². The topological polar surface area (TPSA) is 143 Å². The van der Waals surface area contributed by atoms with E-state index in [-0.39, 0.29) is 18.3 Å². The van der Waals surface area contributed by atoms with Crippen molar-refractivity contribution in [1.29, 1.82) is 0 Å². The van der Waals surface area contributed by atoms with E-state index in [2.05, 4.69) is 15.6 Å². The first-order valence-electron chi connectivity index (χ1n) is 9.87. The predicted octanol–water partition coefficient (Wildman–Crippen LogP) is 1.61. The number of amides is 1. The Hall–Kier alpha value is -3.04. The number of guanidine groups is 1. The van der Waals surface area contributed by atoms with Gasteiger partial charge < -0.3 is 27.2 Å². The molecule has 0 heterocycles. The summed E-state index contributed by atoms with van der Waals surface area (Å²) in [6.07, 6.45) is 2.77. The predicted molar refractivity (Wildman–Crippen MR) is 125 cm³/mol. The Balaban J connectivity index is 2.01. The molecule has 0 fully saturated rings. The molecule has 2 aromatic rings. The Kier molecular flexibility index (Phi) is 9.86. The molecule has 0 aliphatic rings. The molecule has 8 nitrogen and oxygen atoms in total. The van der Waals surface area contributed by atoms with Crippen LogP contribution in [-0.4, -0.2) is 47.0 Å². The fraction of sp³-hybridized carbons (Fsp3) is 0.318. The lowest BCUT2D eigenvalue weighted by Crippen LogP contribution is -2.51. The molecule has 2 atom stereocenters. The number of carbonyl (C=O) groups excluding carboxylic acids is 1. The van der Waals surface area contributed by atoms with E-state index in [9.17, 15) is 14.7 Å². The maximum absolute atomic E-state index is 12.9. The van der Waals surface area contributed by atoms with E-state index in [0.717, 1.165) is 16.9 Å². The highest BCUT2D eigenvalue weighted by atomic mass is 32.2. The fourth-order valence-electron chi connectivity index (χ4n) is 2.96. The number of aliphatic carboxylic acids is 1. The van der Waals surface area contributed by atoms with E-state index in [1.54, 1.807) is 23.9 Å². The highest BCUT2D eigenvalue weighted by Gasteiger charge is 2.25. The molecule has 0 aromatic heterocycles. The van der Waals surface area contributed by atoms with E-state index >= 15 is 0 Å². The molecule has 0 aliphatic heterocycles. The molecule has 7 N–H and O–H groups in total. The zero-order valence-electron chi connectivity index (χ0n) is 17.5. The summed E-state index contributed by atoms with van der Waals surface area (Å²) in [6.45, 7) is 0.449. The number of nitrogens with two attached hydrogens (primary N) is 2. The second-order valence-electron chi connectivity index (χ2n) is 7.01. The van der Waals surface area contributed by atoms with Crippen LogP contribution in [0, 0.1) is 0 Å². The third kappa shape index (κ3) is 8.69. The maximum atomic E-state index is 12.9. The van der Waals surface area contributed by atoms with Crippen molar-refractivity contribution in [3.8, 4) is 0 Å². The quantitative estimate of drug-likeness (QED) is 0.248. The minimum absolute atomic E-state index is 0.0110. The molecule has 2 aromatic carbocycles. The number of aliphatic imine (C=N–C) groups is 1. The SMILES string of the molecule is CSCC[C@H](NCc1ccc(N=C(N)N)cc1)C(=O)N[C@H](Cc1ccccc1)C(=O)O. The third-order valence-electron chi connectivity index (χ3n) is 4.57. The first-order chi connectivity index (χ1) is 14.9. The number of nitrogens with one attached hydrogen (secondary N) is 2. The summed E-state index contributed by atoms with van der Waals surface area (Å²) < 4.78 is 0. The summed E-state index contributed by atoms with van der Waals surface area (Å²) in [5, 5.41) is 15.5. The molecular formula is C22H29N5O3S. The van der Waals surface area contributed by atoms with Crippen molar-refractivity contribution in [1.82, 2.24) is 10.6 Å². The zero-order valence-corrected chi connectivity index (χ0v) is 18.3. The number of carbonyl (C=O) groups is 2. The Morgan fingerprint density at radius 2 is 1.71 bits per heavy atom. The van der Waals surface area contributed by atoms with E-state index in [1.807, 2.05) is 48.7 Å². The van der Waals surface area contributed by atoms with Gasteiger partial charge in [0.25, 0.3) is 0 Å². The van der Waals surface area contributed by atoms with E-state index in [0.29, 0.717) is 18.7 Å². The molecular weight excluding hydrogens is 414 g/mol. The van der Waals surface area contributed by atoms with Crippen molar-refractivity contribution in [3.05, 3.63) is 65.7 Å². The number of hydrogen-bond acceptors (Lipinski definition) is 5. The Bertz CT molecular complexity index is 870. The summed E-state index contributed by atoms with van der Waals surface area (Å²) in [5.41, 5.74) is 13.2. The van der Waals surface area contributed by atoms with Crippen LogP contribution in [0.25, 0.3) is 0 Å². The fourth-order valence-corrected chi connectivity index (χ4v) is 3.43. The molecule has 0 saturated carbocycles. The lowest BCUT2D eigenvalue weighted by Gasteiger charge is -2.21. The molecule has 0 spiro atoms. The maximum Gasteiger partial charge on any atom is 0.326 e. The van der Waals surface area contributed by atoms with Gasteiger partial charge in [-0.15, -0.1) is 0 Å². The Labute approximate surface area is 186 Å². The van der Waals surface area contributed by atoms with Gasteiger partial charge in [-0.25, -0.2) is 9.79 Å². The van der Waals surface area contributed by atoms with Crippen LogP contribution in [0.3, 0.4) is 0 Å². The molecule has 0 saturated heterocycles. The molecule has 9 heteroatoms. The van der Waals surface area contributed by atoms with Crippen LogP contribution < -0.4 is 22.1 Å². The van der Waals surface area contributed by atoms with Gasteiger partial charge >= 0.3 is 5.97 Å². The van der Waals surface area contributed by atoms with Crippen LogP contribution in [0.5, 0.6) is 0 Å². The number of carboxylic acid groups (broad SMARTS) is 1. The molecule has 2 rings (SSSR count). The number of rotatable bonds is 12. The lowest BCUT2D eigenvalue weighted by atomic mass is 10.1. The van der Waals surface area contributed by atoms with Crippen LogP contribution in [0.2, 0.25) is 0 Å². The molecule has 1 amide bonds. The second kappa shape index (κ2) is 12.6. The van der Waals surface area contributed by atoms with Crippen molar-refractivity contribution >= 4 is 35.3 Å².